The van der Waals surface area contributed by atoms with E-state index < -0.39 is 17.5 Å². The number of carbonyl (C=O) groups is 1. The van der Waals surface area contributed by atoms with Gasteiger partial charge in [-0.25, -0.2) is 13.2 Å². The van der Waals surface area contributed by atoms with E-state index in [-0.39, 0.29) is 22.5 Å². The highest BCUT2D eigenvalue weighted by atomic mass is 19.2. The first-order valence-corrected chi connectivity index (χ1v) is 12.7. The molecule has 5 rings (SSSR count). The van der Waals surface area contributed by atoms with Gasteiger partial charge >= 0.3 is 0 Å². The van der Waals surface area contributed by atoms with Crippen LogP contribution in [-0.4, -0.2) is 44.0 Å². The lowest BCUT2D eigenvalue weighted by molar-refractivity contribution is 0.104. The monoisotopic (exact) mass is 519 g/mol. The second-order valence-corrected chi connectivity index (χ2v) is 9.40. The van der Waals surface area contributed by atoms with Crippen LogP contribution < -0.4 is 9.47 Å². The van der Waals surface area contributed by atoms with Gasteiger partial charge in [0.15, 0.2) is 23.2 Å². The first kappa shape index (κ1) is 25.8. The second kappa shape index (κ2) is 11.3. The van der Waals surface area contributed by atoms with Crippen LogP contribution in [0.4, 0.5) is 13.2 Å². The largest absolute Gasteiger partial charge is 0.497 e. The Morgan fingerprint density at radius 2 is 1.53 bits per heavy atom. The number of likely N-dealkylation sites (tertiary alicyclic amines) is 1. The Morgan fingerprint density at radius 3 is 2.26 bits per heavy atom. The molecule has 0 N–H and O–H groups in total. The number of piperidine rings is 1. The Morgan fingerprint density at radius 1 is 0.816 bits per heavy atom. The van der Waals surface area contributed by atoms with Crippen LogP contribution in [0.3, 0.4) is 0 Å². The van der Waals surface area contributed by atoms with E-state index in [0.29, 0.717) is 34.4 Å². The van der Waals surface area contributed by atoms with Gasteiger partial charge in [-0.05, 0) is 96.9 Å². The molecule has 7 heteroatoms. The quantitative estimate of drug-likeness (QED) is 0.185. The minimum absolute atomic E-state index is 0.172. The summed E-state index contributed by atoms with van der Waals surface area (Å²) in [6, 6.07) is 17.2. The molecule has 0 amide bonds. The number of rotatable bonds is 8. The van der Waals surface area contributed by atoms with Crippen LogP contribution in [0.15, 0.2) is 66.7 Å². The summed E-state index contributed by atoms with van der Waals surface area (Å²) in [5.74, 6) is -3.35. The van der Waals surface area contributed by atoms with Gasteiger partial charge in [-0.15, -0.1) is 0 Å². The van der Waals surface area contributed by atoms with Crippen molar-refractivity contribution in [2.75, 3.05) is 33.4 Å². The second-order valence-electron chi connectivity index (χ2n) is 9.40. The molecule has 1 aliphatic rings. The Hall–Kier alpha value is -3.84. The normalized spacial score (nSPS) is 14.0. The molecule has 4 aromatic rings. The van der Waals surface area contributed by atoms with Crippen LogP contribution in [0.25, 0.3) is 21.9 Å². The number of ether oxygens (including phenoxy) is 2. The molecule has 4 nitrogen and oxygen atoms in total. The zero-order valence-electron chi connectivity index (χ0n) is 21.1. The number of hydrogen-bond acceptors (Lipinski definition) is 4. The minimum atomic E-state index is -1.58. The summed E-state index contributed by atoms with van der Waals surface area (Å²) < 4.78 is 53.8. The average molecular weight is 520 g/mol. The van der Waals surface area contributed by atoms with Gasteiger partial charge < -0.3 is 9.47 Å². The molecule has 1 saturated heterocycles. The molecule has 1 aliphatic heterocycles. The number of methoxy groups -OCH3 is 1. The van der Waals surface area contributed by atoms with Gasteiger partial charge in [-0.1, -0.05) is 18.6 Å². The first-order chi connectivity index (χ1) is 18.5. The van der Waals surface area contributed by atoms with Gasteiger partial charge in [0.05, 0.1) is 7.11 Å². The van der Waals surface area contributed by atoms with Crippen LogP contribution in [0.2, 0.25) is 0 Å². The highest BCUT2D eigenvalue weighted by molar-refractivity contribution is 6.20. The van der Waals surface area contributed by atoms with Crippen LogP contribution in [0.5, 0.6) is 11.5 Å². The number of halogens is 3. The lowest BCUT2D eigenvalue weighted by atomic mass is 9.89. The molecule has 0 unspecified atom stereocenters. The van der Waals surface area contributed by atoms with E-state index in [1.807, 2.05) is 0 Å². The summed E-state index contributed by atoms with van der Waals surface area (Å²) in [6.45, 7) is 3.59. The third-order valence-corrected chi connectivity index (χ3v) is 7.02. The van der Waals surface area contributed by atoms with Crippen molar-refractivity contribution < 1.29 is 27.4 Å². The van der Waals surface area contributed by atoms with Crippen LogP contribution in [0.1, 0.15) is 35.2 Å². The molecule has 196 valence electrons. The van der Waals surface area contributed by atoms with E-state index in [4.69, 9.17) is 9.47 Å². The van der Waals surface area contributed by atoms with Crippen LogP contribution >= 0.6 is 0 Å². The smallest absolute Gasteiger partial charge is 0.195 e. The maximum absolute atomic E-state index is 14.9. The van der Waals surface area contributed by atoms with Crippen LogP contribution in [-0.2, 0) is 0 Å². The van der Waals surface area contributed by atoms with Crippen molar-refractivity contribution in [1.82, 2.24) is 4.90 Å². The summed E-state index contributed by atoms with van der Waals surface area (Å²) in [5, 5.41) is 1.23. The molecular weight excluding hydrogens is 491 g/mol. The maximum atomic E-state index is 14.9. The van der Waals surface area contributed by atoms with Crippen molar-refractivity contribution in [3.05, 3.63) is 95.3 Å². The number of ketones is 1. The average Bonchev–Trinajstić information content (AvgIpc) is 2.96. The van der Waals surface area contributed by atoms with Crippen molar-refractivity contribution in [2.24, 2.45) is 0 Å². The zero-order chi connectivity index (χ0) is 26.6. The molecule has 0 saturated carbocycles. The SMILES string of the molecule is COc1ccc2c(C(=O)c3ccc(OCCN4CCCCC4)cc3)c(-c3ccc(F)c(F)c3F)ccc2c1. The summed E-state index contributed by atoms with van der Waals surface area (Å²) >= 11 is 0. The molecule has 1 fully saturated rings. The third kappa shape index (κ3) is 5.24. The van der Waals surface area contributed by atoms with E-state index in [1.54, 1.807) is 54.6 Å². The summed E-state index contributed by atoms with van der Waals surface area (Å²) in [7, 11) is 1.54. The van der Waals surface area contributed by atoms with E-state index in [2.05, 4.69) is 4.90 Å². The van der Waals surface area contributed by atoms with Crippen molar-refractivity contribution in [3.8, 4) is 22.6 Å². The Kier molecular flexibility index (Phi) is 7.65. The van der Waals surface area contributed by atoms with E-state index in [9.17, 15) is 18.0 Å². The van der Waals surface area contributed by atoms with Crippen molar-refractivity contribution >= 4 is 16.6 Å². The van der Waals surface area contributed by atoms with Gasteiger partial charge in [0.1, 0.15) is 18.1 Å². The predicted molar refractivity (Wildman–Crippen MR) is 141 cm³/mol. The fourth-order valence-corrected chi connectivity index (χ4v) is 4.96. The minimum Gasteiger partial charge on any atom is -0.497 e. The fraction of sp³-hybridized carbons (Fsp3) is 0.258. The predicted octanol–water partition coefficient (Wildman–Crippen LogP) is 7.03. The van der Waals surface area contributed by atoms with Crippen molar-refractivity contribution in [2.45, 2.75) is 19.3 Å². The number of nitrogens with zero attached hydrogens (tertiary/aromatic N) is 1. The third-order valence-electron chi connectivity index (χ3n) is 7.02. The number of benzene rings is 4. The Balaban J connectivity index is 1.48. The van der Waals surface area contributed by atoms with Gasteiger partial charge in [-0.3, -0.25) is 9.69 Å². The molecular formula is C31H28F3NO3. The maximum Gasteiger partial charge on any atom is 0.195 e. The summed E-state index contributed by atoms with van der Waals surface area (Å²) in [4.78, 5) is 16.2. The van der Waals surface area contributed by atoms with Crippen LogP contribution in [0, 0.1) is 17.5 Å². The van der Waals surface area contributed by atoms with E-state index >= 15 is 0 Å². The molecule has 0 aromatic heterocycles. The topological polar surface area (TPSA) is 38.8 Å². The zero-order valence-corrected chi connectivity index (χ0v) is 21.1. The first-order valence-electron chi connectivity index (χ1n) is 12.7. The summed E-state index contributed by atoms with van der Waals surface area (Å²) in [5.41, 5.74) is 0.531. The summed E-state index contributed by atoms with van der Waals surface area (Å²) in [6.07, 6.45) is 3.71. The van der Waals surface area contributed by atoms with Crippen molar-refractivity contribution in [3.63, 3.8) is 0 Å². The number of fused-ring (bicyclic) bond motifs is 1. The van der Waals surface area contributed by atoms with Gasteiger partial charge in [0.2, 0.25) is 0 Å². The van der Waals surface area contributed by atoms with E-state index in [1.165, 1.54) is 26.4 Å². The molecule has 1 heterocycles. The molecule has 0 atom stereocenters. The molecule has 0 radical (unpaired) electrons. The standard InChI is InChI=1S/C31H28F3NO3/c1-37-23-10-12-24-21(19-23)7-11-25(26-13-14-27(32)30(34)29(26)33)28(24)31(36)20-5-8-22(9-6-20)38-18-17-35-15-3-2-4-16-35/h5-14,19H,2-4,15-18H2,1H3. The Labute approximate surface area is 219 Å². The lowest BCUT2D eigenvalue weighted by Gasteiger charge is -2.26. The molecule has 38 heavy (non-hydrogen) atoms. The molecule has 0 spiro atoms. The highest BCUT2D eigenvalue weighted by Gasteiger charge is 2.23. The number of hydrogen-bond donors (Lipinski definition) is 0. The fourth-order valence-electron chi connectivity index (χ4n) is 4.96. The lowest BCUT2D eigenvalue weighted by Crippen LogP contribution is -2.33. The highest BCUT2D eigenvalue weighted by Crippen LogP contribution is 2.36. The molecule has 0 bridgehead atoms. The van der Waals surface area contributed by atoms with E-state index in [0.717, 1.165) is 31.8 Å². The van der Waals surface area contributed by atoms with Gasteiger partial charge in [-0.2, -0.15) is 0 Å². The number of carbonyl (C=O) groups excluding carboxylic acids is 1. The molecule has 0 aliphatic carbocycles. The van der Waals surface area contributed by atoms with Gasteiger partial charge in [0, 0.05) is 23.2 Å². The van der Waals surface area contributed by atoms with Gasteiger partial charge in [0.25, 0.3) is 0 Å². The Bertz CT molecular complexity index is 1460. The van der Waals surface area contributed by atoms with Crippen molar-refractivity contribution in [1.29, 1.82) is 0 Å². The molecule has 4 aromatic carbocycles.